The predicted octanol–water partition coefficient (Wildman–Crippen LogP) is 0.414. The maximum absolute atomic E-state index is 5.81. The summed E-state index contributed by atoms with van der Waals surface area (Å²) in [5.41, 5.74) is 7.66. The first-order valence-electron chi connectivity index (χ1n) is 4.96. The van der Waals surface area contributed by atoms with Crippen molar-refractivity contribution in [3.8, 4) is 6.01 Å². The number of hydrogen-bond donors (Lipinski definition) is 1. The lowest BCUT2D eigenvalue weighted by molar-refractivity contribution is 0.282. The van der Waals surface area contributed by atoms with Crippen molar-refractivity contribution in [2.24, 2.45) is 7.05 Å². The average Bonchev–Trinajstić information content (AvgIpc) is 2.67. The smallest absolute Gasteiger partial charge is 0.335 e. The molecule has 2 rings (SSSR count). The molecule has 0 aliphatic heterocycles. The van der Waals surface area contributed by atoms with E-state index in [4.69, 9.17) is 10.5 Å². The molecule has 0 unspecified atom stereocenters. The zero-order chi connectivity index (χ0) is 11.4. The van der Waals surface area contributed by atoms with Gasteiger partial charge in [0.05, 0.1) is 6.61 Å². The first-order chi connectivity index (χ1) is 7.77. The van der Waals surface area contributed by atoms with Crippen LogP contribution in [0.1, 0.15) is 5.56 Å². The molecule has 0 bridgehead atoms. The van der Waals surface area contributed by atoms with E-state index < -0.39 is 0 Å². The second-order valence-electron chi connectivity index (χ2n) is 3.38. The van der Waals surface area contributed by atoms with E-state index in [1.165, 1.54) is 4.68 Å². The van der Waals surface area contributed by atoms with Crippen molar-refractivity contribution in [2.45, 2.75) is 6.42 Å². The van der Waals surface area contributed by atoms with Gasteiger partial charge in [0, 0.05) is 19.2 Å². The number of benzene rings is 1. The van der Waals surface area contributed by atoms with E-state index >= 15 is 0 Å². The van der Waals surface area contributed by atoms with E-state index in [-0.39, 0.29) is 0 Å². The molecule has 0 saturated carbocycles. The number of nitrogens with two attached hydrogens (primary N) is 1. The number of ether oxygens (including phenoxy) is 1. The summed E-state index contributed by atoms with van der Waals surface area (Å²) in [6.07, 6.45) is 0.736. The van der Waals surface area contributed by atoms with Crippen molar-refractivity contribution >= 4 is 5.69 Å². The highest BCUT2D eigenvalue weighted by atomic mass is 16.5. The van der Waals surface area contributed by atoms with Crippen molar-refractivity contribution in [3.63, 3.8) is 0 Å². The van der Waals surface area contributed by atoms with Gasteiger partial charge in [0.15, 0.2) is 0 Å². The van der Waals surface area contributed by atoms with Crippen LogP contribution in [0, 0.1) is 0 Å². The highest BCUT2D eigenvalue weighted by Crippen LogP contribution is 2.11. The minimum Gasteiger partial charge on any atom is -0.462 e. The fourth-order valence-corrected chi connectivity index (χ4v) is 1.36. The van der Waals surface area contributed by atoms with Crippen LogP contribution in [0.5, 0.6) is 6.01 Å². The van der Waals surface area contributed by atoms with Crippen LogP contribution in [0.15, 0.2) is 24.3 Å². The Morgan fingerprint density at radius 1 is 1.38 bits per heavy atom. The van der Waals surface area contributed by atoms with Crippen LogP contribution >= 0.6 is 0 Å². The van der Waals surface area contributed by atoms with E-state index in [0.29, 0.717) is 12.6 Å². The number of nitrogens with zero attached hydrogens (tertiary/aromatic N) is 4. The van der Waals surface area contributed by atoms with Crippen molar-refractivity contribution in [1.82, 2.24) is 20.2 Å². The third kappa shape index (κ3) is 2.28. The summed E-state index contributed by atoms with van der Waals surface area (Å²) in [7, 11) is 1.73. The fourth-order valence-electron chi connectivity index (χ4n) is 1.36. The molecule has 6 heteroatoms. The van der Waals surface area contributed by atoms with Gasteiger partial charge >= 0.3 is 6.01 Å². The molecular formula is C10H13N5O. The predicted molar refractivity (Wildman–Crippen MR) is 58.9 cm³/mol. The largest absolute Gasteiger partial charge is 0.462 e. The number of anilines is 1. The molecule has 84 valence electrons. The molecule has 0 spiro atoms. The minimum absolute atomic E-state index is 0.412. The Morgan fingerprint density at radius 2 is 2.19 bits per heavy atom. The summed E-state index contributed by atoms with van der Waals surface area (Å²) < 4.78 is 6.89. The number of para-hydroxylation sites is 1. The molecule has 1 aromatic carbocycles. The van der Waals surface area contributed by atoms with Crippen LogP contribution in [0.2, 0.25) is 0 Å². The van der Waals surface area contributed by atoms with E-state index in [1.54, 1.807) is 7.05 Å². The van der Waals surface area contributed by atoms with E-state index in [0.717, 1.165) is 17.7 Å². The third-order valence-corrected chi connectivity index (χ3v) is 2.24. The Labute approximate surface area is 93.0 Å². The highest BCUT2D eigenvalue weighted by Gasteiger charge is 2.03. The Balaban J connectivity index is 1.89. The van der Waals surface area contributed by atoms with Gasteiger partial charge in [-0.15, -0.1) is 0 Å². The minimum atomic E-state index is 0.412. The van der Waals surface area contributed by atoms with Crippen molar-refractivity contribution < 1.29 is 4.74 Å². The van der Waals surface area contributed by atoms with Gasteiger partial charge in [0.25, 0.3) is 0 Å². The number of hydrogen-bond acceptors (Lipinski definition) is 5. The van der Waals surface area contributed by atoms with Crippen LogP contribution in [0.25, 0.3) is 0 Å². The third-order valence-electron chi connectivity index (χ3n) is 2.24. The molecular weight excluding hydrogens is 206 g/mol. The Bertz CT molecular complexity index is 468. The van der Waals surface area contributed by atoms with Gasteiger partial charge in [-0.2, -0.15) is 4.68 Å². The lowest BCUT2D eigenvalue weighted by atomic mass is 10.1. The first-order valence-corrected chi connectivity index (χ1v) is 4.96. The SMILES string of the molecule is Cn1nnnc1OCCc1ccccc1N. The lowest BCUT2D eigenvalue weighted by Gasteiger charge is -2.05. The second kappa shape index (κ2) is 4.61. The molecule has 0 aliphatic rings. The number of nitrogen functional groups attached to an aromatic ring is 1. The Hall–Kier alpha value is -2.11. The zero-order valence-corrected chi connectivity index (χ0v) is 9.00. The van der Waals surface area contributed by atoms with Gasteiger partial charge < -0.3 is 10.5 Å². The fraction of sp³-hybridized carbons (Fsp3) is 0.300. The van der Waals surface area contributed by atoms with Crippen LogP contribution in [-0.4, -0.2) is 26.8 Å². The molecule has 0 aliphatic carbocycles. The summed E-state index contributed by atoms with van der Waals surface area (Å²) in [6, 6.07) is 8.13. The van der Waals surface area contributed by atoms with Gasteiger partial charge in [-0.25, -0.2) is 0 Å². The van der Waals surface area contributed by atoms with Gasteiger partial charge in [-0.3, -0.25) is 0 Å². The number of aromatic nitrogens is 4. The quantitative estimate of drug-likeness (QED) is 0.753. The summed E-state index contributed by atoms with van der Waals surface area (Å²) in [5, 5.41) is 10.9. The van der Waals surface area contributed by atoms with Crippen molar-refractivity contribution in [1.29, 1.82) is 0 Å². The maximum Gasteiger partial charge on any atom is 0.335 e. The normalized spacial score (nSPS) is 10.3. The topological polar surface area (TPSA) is 78.8 Å². The molecule has 2 N–H and O–H groups in total. The van der Waals surface area contributed by atoms with Crippen LogP contribution in [-0.2, 0) is 13.5 Å². The number of aryl methyl sites for hydroxylation is 1. The highest BCUT2D eigenvalue weighted by molar-refractivity contribution is 5.46. The van der Waals surface area contributed by atoms with Crippen LogP contribution in [0.3, 0.4) is 0 Å². The first kappa shape index (κ1) is 10.4. The maximum atomic E-state index is 5.81. The van der Waals surface area contributed by atoms with Gasteiger partial charge in [-0.05, 0) is 22.1 Å². The molecule has 2 aromatic rings. The van der Waals surface area contributed by atoms with Crippen LogP contribution in [0.4, 0.5) is 5.69 Å². The summed E-state index contributed by atoms with van der Waals surface area (Å²) in [4.78, 5) is 0. The van der Waals surface area contributed by atoms with Crippen LogP contribution < -0.4 is 10.5 Å². The number of rotatable bonds is 4. The zero-order valence-electron chi connectivity index (χ0n) is 9.00. The van der Waals surface area contributed by atoms with Gasteiger partial charge in [-0.1, -0.05) is 23.3 Å². The molecule has 0 fully saturated rings. The van der Waals surface area contributed by atoms with E-state index in [1.807, 2.05) is 24.3 Å². The summed E-state index contributed by atoms with van der Waals surface area (Å²) in [6.45, 7) is 0.502. The van der Waals surface area contributed by atoms with E-state index in [2.05, 4.69) is 15.5 Å². The molecule has 0 amide bonds. The molecule has 0 atom stereocenters. The number of tetrazole rings is 1. The Kier molecular flexibility index (Phi) is 3.00. The molecule has 1 heterocycles. The Morgan fingerprint density at radius 3 is 2.88 bits per heavy atom. The molecule has 16 heavy (non-hydrogen) atoms. The van der Waals surface area contributed by atoms with Crippen molar-refractivity contribution in [2.75, 3.05) is 12.3 Å². The van der Waals surface area contributed by atoms with E-state index in [9.17, 15) is 0 Å². The second-order valence-corrected chi connectivity index (χ2v) is 3.38. The standard InChI is InChI=1S/C10H13N5O/c1-15-10(12-13-14-15)16-7-6-8-4-2-3-5-9(8)11/h2-5H,6-7,11H2,1H3. The monoisotopic (exact) mass is 219 g/mol. The molecule has 6 nitrogen and oxygen atoms in total. The lowest BCUT2D eigenvalue weighted by Crippen LogP contribution is -2.07. The van der Waals surface area contributed by atoms with Gasteiger partial charge in [0.2, 0.25) is 0 Å². The molecule has 1 aromatic heterocycles. The summed E-state index contributed by atoms with van der Waals surface area (Å²) >= 11 is 0. The van der Waals surface area contributed by atoms with Crippen molar-refractivity contribution in [3.05, 3.63) is 29.8 Å². The average molecular weight is 219 g/mol. The summed E-state index contributed by atoms with van der Waals surface area (Å²) in [5.74, 6) is 0. The molecule has 0 radical (unpaired) electrons. The molecule has 0 saturated heterocycles. The van der Waals surface area contributed by atoms with Gasteiger partial charge in [0.1, 0.15) is 0 Å².